The van der Waals surface area contributed by atoms with Gasteiger partial charge in [0.1, 0.15) is 5.75 Å². The molecular weight excluding hydrogens is 294 g/mol. The molecule has 0 heterocycles. The average Bonchev–Trinajstić information content (AvgIpc) is 2.29. The number of ether oxygens (including phenoxy) is 2. The van der Waals surface area contributed by atoms with E-state index in [9.17, 15) is 26.3 Å². The molecule has 0 aliphatic carbocycles. The van der Waals surface area contributed by atoms with Crippen molar-refractivity contribution in [2.24, 2.45) is 10.9 Å². The summed E-state index contributed by atoms with van der Waals surface area (Å²) < 4.78 is 80.0. The van der Waals surface area contributed by atoms with Crippen molar-refractivity contribution >= 4 is 6.21 Å². The highest BCUT2D eigenvalue weighted by molar-refractivity contribution is 5.79. The van der Waals surface area contributed by atoms with Crippen LogP contribution in [0.25, 0.3) is 0 Å². The average molecular weight is 302 g/mol. The lowest BCUT2D eigenvalue weighted by Crippen LogP contribution is -2.41. The largest absolute Gasteiger partial charge is 0.525 e. The molecule has 1 rings (SSSR count). The fourth-order valence-electron chi connectivity index (χ4n) is 1.10. The Morgan fingerprint density at radius 1 is 1.10 bits per heavy atom. The molecule has 0 spiro atoms. The van der Waals surface area contributed by atoms with Gasteiger partial charge in [0.05, 0.1) is 6.21 Å². The minimum Gasteiger partial charge on any atom is -0.429 e. The number of hydrogen-bond acceptors (Lipinski definition) is 4. The summed E-state index contributed by atoms with van der Waals surface area (Å²) in [7, 11) is 0. The summed E-state index contributed by atoms with van der Waals surface area (Å²) in [6.07, 6.45) is -13.2. The minimum absolute atomic E-state index is 0.423. The van der Waals surface area contributed by atoms with E-state index in [4.69, 9.17) is 5.84 Å². The highest BCUT2D eigenvalue weighted by Crippen LogP contribution is 2.31. The normalized spacial score (nSPS) is 14.5. The Kier molecular flexibility index (Phi) is 4.82. The van der Waals surface area contributed by atoms with E-state index >= 15 is 0 Å². The van der Waals surface area contributed by atoms with Crippen LogP contribution in [0.1, 0.15) is 5.56 Å². The van der Waals surface area contributed by atoms with E-state index in [1.54, 1.807) is 0 Å². The third-order valence-electron chi connectivity index (χ3n) is 1.86. The molecule has 0 aromatic heterocycles. The standard InChI is InChI=1S/C10H8F6N2O2/c11-8(20-10(14,15)16)9(12,13)19-7-3-1-6(2-4-7)5-18-17/h1-5,8H,17H2. The highest BCUT2D eigenvalue weighted by atomic mass is 19.4. The first kappa shape index (κ1) is 16.1. The number of hydrazone groups is 1. The minimum atomic E-state index is -5.55. The molecule has 112 valence electrons. The Morgan fingerprint density at radius 2 is 1.65 bits per heavy atom. The lowest BCUT2D eigenvalue weighted by molar-refractivity contribution is -0.411. The van der Waals surface area contributed by atoms with E-state index in [-0.39, 0.29) is 0 Å². The predicted octanol–water partition coefficient (Wildman–Crippen LogP) is 2.78. The molecule has 0 saturated carbocycles. The lowest BCUT2D eigenvalue weighted by atomic mass is 10.2. The fraction of sp³-hybridized carbons (Fsp3) is 0.300. The van der Waals surface area contributed by atoms with Gasteiger partial charge in [-0.25, -0.2) is 9.13 Å². The SMILES string of the molecule is NN=Cc1ccc(OC(F)(F)C(F)OC(F)(F)F)cc1. The van der Waals surface area contributed by atoms with Crippen molar-refractivity contribution in [3.63, 3.8) is 0 Å². The second kappa shape index (κ2) is 5.99. The topological polar surface area (TPSA) is 56.8 Å². The van der Waals surface area contributed by atoms with Crippen molar-refractivity contribution < 1.29 is 35.8 Å². The van der Waals surface area contributed by atoms with Crippen LogP contribution in [0.3, 0.4) is 0 Å². The van der Waals surface area contributed by atoms with E-state index in [0.717, 1.165) is 12.1 Å². The Bertz CT molecular complexity index is 460. The van der Waals surface area contributed by atoms with Crippen molar-refractivity contribution in [3.8, 4) is 5.75 Å². The van der Waals surface area contributed by atoms with Crippen LogP contribution in [0.4, 0.5) is 26.3 Å². The van der Waals surface area contributed by atoms with Crippen molar-refractivity contribution in [2.75, 3.05) is 0 Å². The molecule has 0 aliphatic rings. The molecule has 10 heteroatoms. The van der Waals surface area contributed by atoms with Crippen LogP contribution in [0.15, 0.2) is 29.4 Å². The molecule has 20 heavy (non-hydrogen) atoms. The van der Waals surface area contributed by atoms with Crippen molar-refractivity contribution in [3.05, 3.63) is 29.8 Å². The first-order valence-electron chi connectivity index (χ1n) is 4.93. The summed E-state index contributed by atoms with van der Waals surface area (Å²) in [6.45, 7) is 0. The summed E-state index contributed by atoms with van der Waals surface area (Å²) in [5, 5.41) is 3.16. The molecule has 0 radical (unpaired) electrons. The second-order valence-electron chi connectivity index (χ2n) is 3.39. The van der Waals surface area contributed by atoms with Crippen molar-refractivity contribution in [1.29, 1.82) is 0 Å². The van der Waals surface area contributed by atoms with Crippen LogP contribution in [-0.4, -0.2) is 25.0 Å². The van der Waals surface area contributed by atoms with Crippen LogP contribution in [-0.2, 0) is 4.74 Å². The molecule has 0 saturated heterocycles. The predicted molar refractivity (Wildman–Crippen MR) is 55.8 cm³/mol. The molecule has 1 unspecified atom stereocenters. The molecule has 1 aromatic carbocycles. The Labute approximate surface area is 108 Å². The van der Waals surface area contributed by atoms with Crippen LogP contribution < -0.4 is 10.6 Å². The molecule has 0 amide bonds. The molecule has 4 nitrogen and oxygen atoms in total. The maximum absolute atomic E-state index is 13.0. The van der Waals surface area contributed by atoms with Gasteiger partial charge in [0.15, 0.2) is 0 Å². The summed E-state index contributed by atoms with van der Waals surface area (Å²) in [5.41, 5.74) is 0.423. The van der Waals surface area contributed by atoms with Crippen LogP contribution in [0, 0.1) is 0 Å². The molecule has 1 aromatic rings. The second-order valence-corrected chi connectivity index (χ2v) is 3.39. The smallest absolute Gasteiger partial charge is 0.429 e. The van der Waals surface area contributed by atoms with Gasteiger partial charge in [0.25, 0.3) is 0 Å². The summed E-state index contributed by atoms with van der Waals surface area (Å²) in [6, 6.07) is 4.43. The summed E-state index contributed by atoms with van der Waals surface area (Å²) in [5.74, 6) is 4.29. The van der Waals surface area contributed by atoms with E-state index in [1.807, 2.05) is 0 Å². The van der Waals surface area contributed by atoms with Gasteiger partial charge in [-0.15, -0.1) is 13.2 Å². The molecule has 0 aliphatic heterocycles. The number of alkyl halides is 6. The van der Waals surface area contributed by atoms with Gasteiger partial charge < -0.3 is 10.6 Å². The number of hydrogen-bond donors (Lipinski definition) is 1. The number of nitrogens with zero attached hydrogens (tertiary/aromatic N) is 1. The highest BCUT2D eigenvalue weighted by Gasteiger charge is 2.50. The maximum Gasteiger partial charge on any atom is 0.525 e. The van der Waals surface area contributed by atoms with Crippen LogP contribution in [0.5, 0.6) is 5.75 Å². The first-order chi connectivity index (χ1) is 9.14. The third-order valence-corrected chi connectivity index (χ3v) is 1.86. The number of halogens is 6. The van der Waals surface area contributed by atoms with Gasteiger partial charge in [-0.3, -0.25) is 0 Å². The number of rotatable bonds is 5. The zero-order valence-corrected chi connectivity index (χ0v) is 9.57. The Hall–Kier alpha value is -1.97. The van der Waals surface area contributed by atoms with Crippen LogP contribution in [0.2, 0.25) is 0 Å². The third kappa shape index (κ3) is 4.96. The number of benzene rings is 1. The molecule has 0 bridgehead atoms. The fourth-order valence-corrected chi connectivity index (χ4v) is 1.10. The van der Waals surface area contributed by atoms with Gasteiger partial charge in [0.2, 0.25) is 0 Å². The molecule has 0 fully saturated rings. The molecule has 1 atom stereocenters. The van der Waals surface area contributed by atoms with E-state index < -0.39 is 24.6 Å². The quantitative estimate of drug-likeness (QED) is 0.394. The first-order valence-corrected chi connectivity index (χ1v) is 4.93. The van der Waals surface area contributed by atoms with Gasteiger partial charge in [-0.2, -0.15) is 13.9 Å². The van der Waals surface area contributed by atoms with E-state index in [1.165, 1.54) is 18.3 Å². The lowest BCUT2D eigenvalue weighted by Gasteiger charge is -2.22. The van der Waals surface area contributed by atoms with Gasteiger partial charge in [-0.05, 0) is 29.8 Å². The van der Waals surface area contributed by atoms with Gasteiger partial charge in [0, 0.05) is 0 Å². The van der Waals surface area contributed by atoms with E-state index in [0.29, 0.717) is 5.56 Å². The summed E-state index contributed by atoms with van der Waals surface area (Å²) >= 11 is 0. The molecular formula is C10H8F6N2O2. The van der Waals surface area contributed by atoms with Crippen molar-refractivity contribution in [2.45, 2.75) is 18.8 Å². The zero-order valence-electron chi connectivity index (χ0n) is 9.57. The van der Waals surface area contributed by atoms with Gasteiger partial charge >= 0.3 is 18.8 Å². The Balaban J connectivity index is 2.74. The number of nitrogens with two attached hydrogens (primary N) is 1. The zero-order chi connectivity index (χ0) is 15.4. The monoisotopic (exact) mass is 302 g/mol. The van der Waals surface area contributed by atoms with E-state index in [2.05, 4.69) is 14.6 Å². The maximum atomic E-state index is 13.0. The molecule has 2 N–H and O–H groups in total. The Morgan fingerprint density at radius 3 is 2.10 bits per heavy atom. The van der Waals surface area contributed by atoms with Crippen molar-refractivity contribution in [1.82, 2.24) is 0 Å². The van der Waals surface area contributed by atoms with Crippen LogP contribution >= 0.6 is 0 Å². The summed E-state index contributed by atoms with van der Waals surface area (Å²) in [4.78, 5) is 0. The van der Waals surface area contributed by atoms with Gasteiger partial charge in [-0.1, -0.05) is 0 Å².